The van der Waals surface area contributed by atoms with E-state index in [-0.39, 0.29) is 5.41 Å². The molecule has 68 valence electrons. The van der Waals surface area contributed by atoms with E-state index in [0.717, 1.165) is 6.54 Å². The monoisotopic (exact) mass is 165 g/mol. The predicted octanol–water partition coefficient (Wildman–Crippen LogP) is 2.04. The van der Waals surface area contributed by atoms with Crippen LogP contribution in [0, 0.1) is 23.2 Å². The zero-order valence-electron chi connectivity index (χ0n) is 8.41. The van der Waals surface area contributed by atoms with Gasteiger partial charge in [-0.2, -0.15) is 0 Å². The normalized spacial score (nSPS) is 29.7. The molecule has 1 N–H and O–H groups in total. The second-order valence-corrected chi connectivity index (χ2v) is 4.27. The van der Waals surface area contributed by atoms with Gasteiger partial charge >= 0.3 is 0 Å². The highest BCUT2D eigenvalue weighted by Gasteiger charge is 2.23. The number of hydrogen-bond acceptors (Lipinski definition) is 1. The fourth-order valence-electron chi connectivity index (χ4n) is 1.48. The highest BCUT2D eigenvalue weighted by molar-refractivity contribution is 5.13. The summed E-state index contributed by atoms with van der Waals surface area (Å²) in [7, 11) is 0. The van der Waals surface area contributed by atoms with E-state index in [1.54, 1.807) is 0 Å². The molecule has 1 nitrogen and oxygen atoms in total. The van der Waals surface area contributed by atoms with E-state index < -0.39 is 0 Å². The maximum Gasteiger partial charge on any atom is 0.0411 e. The first-order chi connectivity index (χ1) is 5.62. The molecule has 0 bridgehead atoms. The van der Waals surface area contributed by atoms with Gasteiger partial charge in [0, 0.05) is 17.9 Å². The van der Waals surface area contributed by atoms with Crippen molar-refractivity contribution in [2.24, 2.45) is 11.3 Å². The summed E-state index contributed by atoms with van der Waals surface area (Å²) >= 11 is 0. The van der Waals surface area contributed by atoms with Crippen LogP contribution in [0.4, 0.5) is 0 Å². The first-order valence-corrected chi connectivity index (χ1v) is 4.86. The van der Waals surface area contributed by atoms with Crippen LogP contribution in [0.15, 0.2) is 0 Å². The fraction of sp³-hybridized carbons (Fsp3) is 0.818. The largest absolute Gasteiger partial charge is 0.315 e. The summed E-state index contributed by atoms with van der Waals surface area (Å²) < 4.78 is 0. The molecule has 1 saturated heterocycles. The molecule has 0 aromatic rings. The van der Waals surface area contributed by atoms with Crippen LogP contribution in [0.2, 0.25) is 0 Å². The Hall–Kier alpha value is -0.480. The molecule has 0 radical (unpaired) electrons. The standard InChI is InChI=1S/C11H19N/c1-10(2)5-7-11(3)6-4-8-12-9-11/h10,12H,4,6,8-9H2,1-3H3/t11-/m1/s1. The predicted molar refractivity (Wildman–Crippen MR) is 52.8 cm³/mol. The van der Waals surface area contributed by atoms with Gasteiger partial charge in [0.25, 0.3) is 0 Å². The SMILES string of the molecule is CC(C)C#C[C@@]1(C)CCCNC1. The lowest BCUT2D eigenvalue weighted by Gasteiger charge is -2.29. The van der Waals surface area contributed by atoms with Gasteiger partial charge in [0.1, 0.15) is 0 Å². The first-order valence-electron chi connectivity index (χ1n) is 4.86. The third-order valence-corrected chi connectivity index (χ3v) is 2.26. The summed E-state index contributed by atoms with van der Waals surface area (Å²) in [6.45, 7) is 8.78. The third kappa shape index (κ3) is 2.87. The van der Waals surface area contributed by atoms with Crippen LogP contribution < -0.4 is 5.32 Å². The molecular formula is C11H19N. The number of hydrogen-bond donors (Lipinski definition) is 1. The number of nitrogens with one attached hydrogen (secondary N) is 1. The lowest BCUT2D eigenvalue weighted by atomic mass is 9.83. The molecule has 0 aliphatic carbocycles. The Labute approximate surface area is 75.9 Å². The maximum absolute atomic E-state index is 3.40. The zero-order valence-corrected chi connectivity index (χ0v) is 8.41. The van der Waals surface area contributed by atoms with Crippen molar-refractivity contribution in [3.8, 4) is 11.8 Å². The molecule has 0 unspecified atom stereocenters. The van der Waals surface area contributed by atoms with Crippen LogP contribution in [0.3, 0.4) is 0 Å². The molecule has 0 aromatic heterocycles. The fourth-order valence-corrected chi connectivity index (χ4v) is 1.48. The van der Waals surface area contributed by atoms with Crippen LogP contribution in [-0.4, -0.2) is 13.1 Å². The van der Waals surface area contributed by atoms with Crippen molar-refractivity contribution in [2.75, 3.05) is 13.1 Å². The van der Waals surface area contributed by atoms with Gasteiger partial charge in [-0.05, 0) is 26.3 Å². The molecule has 1 heterocycles. The van der Waals surface area contributed by atoms with E-state index in [0.29, 0.717) is 5.92 Å². The van der Waals surface area contributed by atoms with Gasteiger partial charge in [0.15, 0.2) is 0 Å². The Kier molecular flexibility index (Phi) is 3.17. The minimum atomic E-state index is 0.239. The highest BCUT2D eigenvalue weighted by Crippen LogP contribution is 2.24. The number of piperidine rings is 1. The molecule has 1 aliphatic heterocycles. The Bertz CT molecular complexity index is 189. The summed E-state index contributed by atoms with van der Waals surface area (Å²) in [6.07, 6.45) is 2.52. The van der Waals surface area contributed by atoms with Crippen molar-refractivity contribution in [1.29, 1.82) is 0 Å². The average molecular weight is 165 g/mol. The molecule has 0 spiro atoms. The molecule has 0 amide bonds. The van der Waals surface area contributed by atoms with Crippen molar-refractivity contribution in [3.05, 3.63) is 0 Å². The smallest absolute Gasteiger partial charge is 0.0411 e. The summed E-state index contributed by atoms with van der Waals surface area (Å²) in [5.41, 5.74) is 0.239. The minimum absolute atomic E-state index is 0.239. The van der Waals surface area contributed by atoms with Crippen molar-refractivity contribution >= 4 is 0 Å². The maximum atomic E-state index is 3.40. The van der Waals surface area contributed by atoms with Gasteiger partial charge in [-0.15, -0.1) is 0 Å². The average Bonchev–Trinajstić information content (AvgIpc) is 2.03. The Morgan fingerprint density at radius 2 is 2.17 bits per heavy atom. The van der Waals surface area contributed by atoms with E-state index in [1.165, 1.54) is 19.4 Å². The van der Waals surface area contributed by atoms with Gasteiger partial charge in [-0.3, -0.25) is 0 Å². The van der Waals surface area contributed by atoms with Gasteiger partial charge < -0.3 is 5.32 Å². The third-order valence-electron chi connectivity index (χ3n) is 2.26. The van der Waals surface area contributed by atoms with E-state index in [4.69, 9.17) is 0 Å². The quantitative estimate of drug-likeness (QED) is 0.542. The molecule has 1 heteroatoms. The second kappa shape index (κ2) is 3.96. The molecule has 12 heavy (non-hydrogen) atoms. The number of rotatable bonds is 0. The van der Waals surface area contributed by atoms with Crippen LogP contribution >= 0.6 is 0 Å². The molecule has 1 fully saturated rings. The van der Waals surface area contributed by atoms with Crippen LogP contribution in [0.5, 0.6) is 0 Å². The molecule has 1 atom stereocenters. The van der Waals surface area contributed by atoms with Crippen molar-refractivity contribution < 1.29 is 0 Å². The van der Waals surface area contributed by atoms with Gasteiger partial charge in [0.2, 0.25) is 0 Å². The Balaban J connectivity index is 2.53. The van der Waals surface area contributed by atoms with Crippen molar-refractivity contribution in [2.45, 2.75) is 33.6 Å². The molecule has 1 aliphatic rings. The zero-order chi connectivity index (χ0) is 9.03. The summed E-state index contributed by atoms with van der Waals surface area (Å²) in [4.78, 5) is 0. The molecule has 0 saturated carbocycles. The van der Waals surface area contributed by atoms with Crippen molar-refractivity contribution in [1.82, 2.24) is 5.32 Å². The lowest BCUT2D eigenvalue weighted by Crippen LogP contribution is -2.36. The van der Waals surface area contributed by atoms with E-state index in [1.807, 2.05) is 0 Å². The molecular weight excluding hydrogens is 146 g/mol. The molecule has 1 rings (SSSR count). The lowest BCUT2D eigenvalue weighted by molar-refractivity contribution is 0.320. The Morgan fingerprint density at radius 3 is 2.67 bits per heavy atom. The second-order valence-electron chi connectivity index (χ2n) is 4.27. The van der Waals surface area contributed by atoms with Crippen LogP contribution in [0.25, 0.3) is 0 Å². The summed E-state index contributed by atoms with van der Waals surface area (Å²) in [5, 5.41) is 3.40. The first kappa shape index (κ1) is 9.61. The van der Waals surface area contributed by atoms with Gasteiger partial charge in [-0.25, -0.2) is 0 Å². The minimum Gasteiger partial charge on any atom is -0.315 e. The van der Waals surface area contributed by atoms with E-state index >= 15 is 0 Å². The van der Waals surface area contributed by atoms with Gasteiger partial charge in [-0.1, -0.05) is 25.7 Å². The topological polar surface area (TPSA) is 12.0 Å². The molecule has 0 aromatic carbocycles. The van der Waals surface area contributed by atoms with E-state index in [2.05, 4.69) is 37.9 Å². The van der Waals surface area contributed by atoms with Crippen LogP contribution in [-0.2, 0) is 0 Å². The van der Waals surface area contributed by atoms with Crippen LogP contribution in [0.1, 0.15) is 33.6 Å². The van der Waals surface area contributed by atoms with E-state index in [9.17, 15) is 0 Å². The summed E-state index contributed by atoms with van der Waals surface area (Å²) in [6, 6.07) is 0. The van der Waals surface area contributed by atoms with Gasteiger partial charge in [0.05, 0.1) is 0 Å². The Morgan fingerprint density at radius 1 is 1.42 bits per heavy atom. The highest BCUT2D eigenvalue weighted by atomic mass is 14.9. The summed E-state index contributed by atoms with van der Waals surface area (Å²) in [5.74, 6) is 7.15. The van der Waals surface area contributed by atoms with Crippen molar-refractivity contribution in [3.63, 3.8) is 0 Å².